The molecule has 90 valence electrons. The first-order valence-corrected chi connectivity index (χ1v) is 4.81. The van der Waals surface area contributed by atoms with E-state index in [0.29, 0.717) is 0 Å². The second-order valence-electron chi connectivity index (χ2n) is 3.04. The molecular formula is C10H7F2NO3S. The number of rotatable bonds is 4. The van der Waals surface area contributed by atoms with Crippen LogP contribution in [0.5, 0.6) is 5.75 Å². The normalized spacial score (nSPS) is 10.1. The number of nitriles is 1. The molecule has 0 heterocycles. The summed E-state index contributed by atoms with van der Waals surface area (Å²) in [6, 6.07) is 4.05. The summed E-state index contributed by atoms with van der Waals surface area (Å²) in [7, 11) is 0. The van der Waals surface area contributed by atoms with Crippen molar-refractivity contribution in [3.8, 4) is 11.8 Å². The van der Waals surface area contributed by atoms with Crippen molar-refractivity contribution in [1.29, 1.82) is 5.26 Å². The van der Waals surface area contributed by atoms with Gasteiger partial charge < -0.3 is 9.84 Å². The third-order valence-corrected chi connectivity index (χ3v) is 2.21. The van der Waals surface area contributed by atoms with E-state index < -0.39 is 19.0 Å². The molecule has 0 unspecified atom stereocenters. The van der Waals surface area contributed by atoms with E-state index in [0.717, 1.165) is 6.07 Å². The Morgan fingerprint density at radius 3 is 2.71 bits per heavy atom. The largest absolute Gasteiger partial charge is 0.481 e. The Balaban J connectivity index is 3.18. The lowest BCUT2D eigenvalue weighted by Crippen LogP contribution is -2.06. The van der Waals surface area contributed by atoms with Gasteiger partial charge in [-0.1, -0.05) is 0 Å². The maximum absolute atomic E-state index is 12.0. The maximum Gasteiger partial charge on any atom is 0.387 e. The highest BCUT2D eigenvalue weighted by atomic mass is 32.1. The van der Waals surface area contributed by atoms with Crippen LogP contribution in [-0.4, -0.2) is 17.7 Å². The third kappa shape index (κ3) is 3.60. The van der Waals surface area contributed by atoms with E-state index in [1.807, 2.05) is 0 Å². The molecule has 0 aliphatic heterocycles. The molecule has 0 fully saturated rings. The van der Waals surface area contributed by atoms with Gasteiger partial charge in [-0.2, -0.15) is 14.0 Å². The van der Waals surface area contributed by atoms with Gasteiger partial charge in [-0.05, 0) is 17.7 Å². The van der Waals surface area contributed by atoms with Gasteiger partial charge in [0.15, 0.2) is 0 Å². The van der Waals surface area contributed by atoms with Crippen molar-refractivity contribution >= 4 is 18.6 Å². The number of thiol groups is 1. The zero-order valence-electron chi connectivity index (χ0n) is 8.35. The maximum atomic E-state index is 12.0. The van der Waals surface area contributed by atoms with E-state index in [9.17, 15) is 13.6 Å². The van der Waals surface area contributed by atoms with Crippen LogP contribution in [-0.2, 0) is 11.2 Å². The molecule has 17 heavy (non-hydrogen) atoms. The van der Waals surface area contributed by atoms with Crippen LogP contribution in [0.2, 0.25) is 0 Å². The van der Waals surface area contributed by atoms with Crippen molar-refractivity contribution in [2.24, 2.45) is 0 Å². The predicted octanol–water partition coefficient (Wildman–Crippen LogP) is 2.08. The minimum absolute atomic E-state index is 0.0518. The number of carboxylic acids is 1. The second kappa shape index (κ2) is 5.50. The number of ether oxygens (including phenoxy) is 1. The molecule has 7 heteroatoms. The van der Waals surface area contributed by atoms with Crippen molar-refractivity contribution in [3.05, 3.63) is 23.3 Å². The first kappa shape index (κ1) is 13.3. The van der Waals surface area contributed by atoms with Crippen LogP contribution in [0.3, 0.4) is 0 Å². The number of hydrogen-bond donors (Lipinski definition) is 2. The molecule has 0 bridgehead atoms. The summed E-state index contributed by atoms with van der Waals surface area (Å²) >= 11 is 3.88. The quantitative estimate of drug-likeness (QED) is 0.812. The van der Waals surface area contributed by atoms with Crippen LogP contribution in [0, 0.1) is 11.3 Å². The van der Waals surface area contributed by atoms with Gasteiger partial charge in [-0.15, -0.1) is 12.6 Å². The fraction of sp³-hybridized carbons (Fsp3) is 0.200. The highest BCUT2D eigenvalue weighted by Gasteiger charge is 2.14. The van der Waals surface area contributed by atoms with Gasteiger partial charge in [0.1, 0.15) is 5.75 Å². The minimum Gasteiger partial charge on any atom is -0.481 e. The Kier molecular flexibility index (Phi) is 4.29. The monoisotopic (exact) mass is 259 g/mol. The molecule has 0 atom stereocenters. The molecule has 1 rings (SSSR count). The summed E-state index contributed by atoms with van der Waals surface area (Å²) in [5.41, 5.74) is 0.174. The molecular weight excluding hydrogens is 252 g/mol. The molecule has 0 aliphatic rings. The number of hydrogen-bond acceptors (Lipinski definition) is 4. The van der Waals surface area contributed by atoms with Crippen LogP contribution in [0.1, 0.15) is 11.1 Å². The molecule has 0 saturated heterocycles. The lowest BCUT2D eigenvalue weighted by atomic mass is 10.1. The fourth-order valence-corrected chi connectivity index (χ4v) is 1.46. The van der Waals surface area contributed by atoms with Gasteiger partial charge in [0, 0.05) is 4.90 Å². The standard InChI is InChI=1S/C10H7F2NO3S/c11-10(12)16-7-1-5(3-9(14)15)6(4-13)2-8(7)17/h1-2,10,17H,3H2,(H,14,15). The van der Waals surface area contributed by atoms with Crippen LogP contribution in [0.4, 0.5) is 8.78 Å². The summed E-state index contributed by atoms with van der Waals surface area (Å²) in [5.74, 6) is -1.42. The SMILES string of the molecule is N#Cc1cc(S)c(OC(F)F)cc1CC(=O)O. The number of halogens is 2. The molecule has 0 radical (unpaired) electrons. The Bertz CT molecular complexity index is 485. The molecule has 0 spiro atoms. The predicted molar refractivity (Wildman–Crippen MR) is 56.4 cm³/mol. The number of alkyl halides is 2. The molecule has 1 aromatic carbocycles. The van der Waals surface area contributed by atoms with E-state index in [1.54, 1.807) is 6.07 Å². The van der Waals surface area contributed by atoms with Crippen molar-refractivity contribution in [1.82, 2.24) is 0 Å². The fourth-order valence-electron chi connectivity index (χ4n) is 1.21. The Morgan fingerprint density at radius 2 is 2.24 bits per heavy atom. The van der Waals surface area contributed by atoms with E-state index in [4.69, 9.17) is 10.4 Å². The summed E-state index contributed by atoms with van der Waals surface area (Å²) in [4.78, 5) is 10.6. The average molecular weight is 259 g/mol. The zero-order chi connectivity index (χ0) is 13.0. The van der Waals surface area contributed by atoms with Crippen LogP contribution in [0.15, 0.2) is 17.0 Å². The second-order valence-corrected chi connectivity index (χ2v) is 3.52. The average Bonchev–Trinajstić information content (AvgIpc) is 2.21. The highest BCUT2D eigenvalue weighted by molar-refractivity contribution is 7.80. The van der Waals surface area contributed by atoms with E-state index >= 15 is 0 Å². The zero-order valence-corrected chi connectivity index (χ0v) is 9.25. The van der Waals surface area contributed by atoms with Crippen molar-refractivity contribution in [3.63, 3.8) is 0 Å². The Morgan fingerprint density at radius 1 is 1.59 bits per heavy atom. The van der Waals surface area contributed by atoms with E-state index in [-0.39, 0.29) is 21.8 Å². The number of benzene rings is 1. The molecule has 0 saturated carbocycles. The first-order chi connectivity index (χ1) is 7.93. The van der Waals surface area contributed by atoms with Crippen LogP contribution < -0.4 is 4.74 Å². The van der Waals surface area contributed by atoms with Gasteiger partial charge in [-0.25, -0.2) is 0 Å². The van der Waals surface area contributed by atoms with Gasteiger partial charge in [0.2, 0.25) is 0 Å². The van der Waals surface area contributed by atoms with Crippen molar-refractivity contribution in [2.45, 2.75) is 17.9 Å². The number of carboxylic acid groups (broad SMARTS) is 1. The van der Waals surface area contributed by atoms with E-state index in [2.05, 4.69) is 17.4 Å². The molecule has 4 nitrogen and oxygen atoms in total. The van der Waals surface area contributed by atoms with Gasteiger partial charge >= 0.3 is 12.6 Å². The lowest BCUT2D eigenvalue weighted by Gasteiger charge is -2.10. The number of nitrogens with zero attached hydrogens (tertiary/aromatic N) is 1. The highest BCUT2D eigenvalue weighted by Crippen LogP contribution is 2.28. The van der Waals surface area contributed by atoms with Gasteiger partial charge in [0.25, 0.3) is 0 Å². The molecule has 1 N–H and O–H groups in total. The number of carbonyl (C=O) groups is 1. The summed E-state index contributed by atoms with van der Waals surface area (Å²) in [5, 5.41) is 17.4. The van der Waals surface area contributed by atoms with Crippen molar-refractivity contribution in [2.75, 3.05) is 0 Å². The summed E-state index contributed by atoms with van der Waals surface area (Å²) in [6.07, 6.45) is -0.448. The van der Waals surface area contributed by atoms with Gasteiger partial charge in [-0.3, -0.25) is 4.79 Å². The van der Waals surface area contributed by atoms with Gasteiger partial charge in [0.05, 0.1) is 18.1 Å². The first-order valence-electron chi connectivity index (χ1n) is 4.36. The minimum atomic E-state index is -3.04. The lowest BCUT2D eigenvalue weighted by molar-refractivity contribution is -0.136. The Hall–Kier alpha value is -1.81. The summed E-state index contributed by atoms with van der Waals surface area (Å²) < 4.78 is 28.2. The van der Waals surface area contributed by atoms with Crippen LogP contribution in [0.25, 0.3) is 0 Å². The van der Waals surface area contributed by atoms with Crippen LogP contribution >= 0.6 is 12.6 Å². The molecule has 0 amide bonds. The molecule has 0 aromatic heterocycles. The molecule has 0 aliphatic carbocycles. The smallest absolute Gasteiger partial charge is 0.387 e. The summed E-state index contributed by atoms with van der Waals surface area (Å²) in [6.45, 7) is -3.04. The molecule has 1 aromatic rings. The topological polar surface area (TPSA) is 70.3 Å². The number of aliphatic carboxylic acids is 1. The Labute approximate surface area is 101 Å². The third-order valence-electron chi connectivity index (χ3n) is 1.86. The van der Waals surface area contributed by atoms with Crippen molar-refractivity contribution < 1.29 is 23.4 Å². The van der Waals surface area contributed by atoms with E-state index in [1.165, 1.54) is 6.07 Å².